The minimum atomic E-state index is 0.186. The third kappa shape index (κ3) is 4.57. The van der Waals surface area contributed by atoms with Gasteiger partial charge in [0.2, 0.25) is 0 Å². The summed E-state index contributed by atoms with van der Waals surface area (Å²) >= 11 is 0. The number of anilines is 1. The number of likely N-dealkylation sites (tertiary alicyclic amines) is 2. The quantitative estimate of drug-likeness (QED) is 0.509. The predicted molar refractivity (Wildman–Crippen MR) is 153 cm³/mol. The van der Waals surface area contributed by atoms with Crippen LogP contribution in [0.3, 0.4) is 0 Å². The number of hydrogen-bond acceptors (Lipinski definition) is 5. The number of benzene rings is 1. The van der Waals surface area contributed by atoms with Crippen molar-refractivity contribution in [1.82, 2.24) is 24.3 Å². The first-order chi connectivity index (χ1) is 19.0. The van der Waals surface area contributed by atoms with Gasteiger partial charge in [-0.3, -0.25) is 0 Å². The van der Waals surface area contributed by atoms with Crippen LogP contribution in [-0.4, -0.2) is 102 Å². The summed E-state index contributed by atoms with van der Waals surface area (Å²) < 4.78 is 7.35. The van der Waals surface area contributed by atoms with Crippen LogP contribution < -0.4 is 4.90 Å². The Morgan fingerprint density at radius 1 is 0.923 bits per heavy atom. The van der Waals surface area contributed by atoms with Gasteiger partial charge in [-0.1, -0.05) is 24.3 Å². The van der Waals surface area contributed by atoms with E-state index < -0.39 is 0 Å². The fraction of sp³-hybridized carbons (Fsp3) is 0.548. The van der Waals surface area contributed by atoms with Crippen LogP contribution >= 0.6 is 0 Å². The molecule has 8 nitrogen and oxygen atoms in total. The highest BCUT2D eigenvalue weighted by molar-refractivity contribution is 5.80. The molecule has 3 aromatic rings. The van der Waals surface area contributed by atoms with E-state index in [1.165, 1.54) is 48.3 Å². The van der Waals surface area contributed by atoms with Crippen LogP contribution in [0.25, 0.3) is 16.6 Å². The molecule has 0 aliphatic carbocycles. The number of hydrogen-bond donors (Lipinski definition) is 0. The Hall–Kier alpha value is -3.10. The van der Waals surface area contributed by atoms with E-state index in [2.05, 4.69) is 71.3 Å². The van der Waals surface area contributed by atoms with Gasteiger partial charge in [0.15, 0.2) is 0 Å². The van der Waals surface area contributed by atoms with E-state index >= 15 is 0 Å². The van der Waals surface area contributed by atoms with Gasteiger partial charge in [-0.25, -0.2) is 9.31 Å². The highest BCUT2D eigenvalue weighted by Crippen LogP contribution is 2.38. The monoisotopic (exact) mass is 528 g/mol. The molecule has 4 fully saturated rings. The van der Waals surface area contributed by atoms with Gasteiger partial charge in [-0.2, -0.15) is 5.10 Å². The number of ether oxygens (including phenoxy) is 1. The Balaban J connectivity index is 1.01. The number of rotatable bonds is 4. The fourth-order valence-electron chi connectivity index (χ4n) is 6.93. The van der Waals surface area contributed by atoms with Gasteiger partial charge in [0.1, 0.15) is 0 Å². The van der Waals surface area contributed by atoms with Gasteiger partial charge < -0.3 is 24.3 Å². The molecule has 0 radical (unpaired) electrons. The van der Waals surface area contributed by atoms with Crippen molar-refractivity contribution < 1.29 is 9.53 Å². The maximum absolute atomic E-state index is 13.0. The number of fused-ring (bicyclic) bond motifs is 1. The normalized spacial score (nSPS) is 22.0. The first-order valence-electron chi connectivity index (χ1n) is 14.7. The minimum absolute atomic E-state index is 0.186. The number of piperazine rings is 1. The summed E-state index contributed by atoms with van der Waals surface area (Å²) in [4.78, 5) is 22.0. The van der Waals surface area contributed by atoms with Crippen molar-refractivity contribution in [3.63, 3.8) is 0 Å². The molecule has 0 saturated carbocycles. The van der Waals surface area contributed by atoms with Crippen LogP contribution in [0, 0.1) is 5.41 Å². The second-order valence-corrected chi connectivity index (χ2v) is 12.4. The molecule has 1 aromatic carbocycles. The Kier molecular flexibility index (Phi) is 6.27. The zero-order chi connectivity index (χ0) is 26.6. The number of aromatic nitrogens is 2. The molecule has 0 N–H and O–H groups in total. The zero-order valence-corrected chi connectivity index (χ0v) is 23.3. The average molecular weight is 529 g/mol. The van der Waals surface area contributed by atoms with Crippen molar-refractivity contribution >= 4 is 17.2 Å². The van der Waals surface area contributed by atoms with Crippen LogP contribution in [0.2, 0.25) is 0 Å². The molecule has 2 amide bonds. The molecule has 1 spiro atoms. The number of carbonyl (C=O) groups is 1. The van der Waals surface area contributed by atoms with Crippen molar-refractivity contribution in [2.45, 2.75) is 38.6 Å². The first kappa shape index (κ1) is 24.9. The molecule has 206 valence electrons. The fourth-order valence-corrected chi connectivity index (χ4v) is 6.93. The van der Waals surface area contributed by atoms with Crippen LogP contribution in [0.1, 0.15) is 38.2 Å². The van der Waals surface area contributed by atoms with Gasteiger partial charge in [-0.15, -0.1) is 0 Å². The van der Waals surface area contributed by atoms with E-state index in [0.717, 1.165) is 58.0 Å². The molecule has 4 saturated heterocycles. The van der Waals surface area contributed by atoms with Crippen molar-refractivity contribution in [3.8, 4) is 11.1 Å². The van der Waals surface area contributed by atoms with E-state index in [1.807, 2.05) is 20.5 Å². The highest BCUT2D eigenvalue weighted by atomic mass is 16.5. The van der Waals surface area contributed by atoms with Gasteiger partial charge in [0.25, 0.3) is 0 Å². The number of piperidine rings is 1. The summed E-state index contributed by atoms with van der Waals surface area (Å²) in [7, 11) is 0. The van der Waals surface area contributed by atoms with Crippen LogP contribution in [0.5, 0.6) is 0 Å². The Morgan fingerprint density at radius 2 is 1.64 bits per heavy atom. The van der Waals surface area contributed by atoms with Crippen molar-refractivity contribution in [2.24, 2.45) is 5.41 Å². The summed E-state index contributed by atoms with van der Waals surface area (Å²) in [5.74, 6) is 0.662. The molecule has 6 heterocycles. The Morgan fingerprint density at radius 3 is 2.28 bits per heavy atom. The molecule has 4 aliphatic rings. The largest absolute Gasteiger partial charge is 0.380 e. The van der Waals surface area contributed by atoms with Gasteiger partial charge in [0.05, 0.1) is 29.8 Å². The third-order valence-electron chi connectivity index (χ3n) is 9.49. The SMILES string of the molecule is CC(C)N1CCC(c2ccc(-c3cc4c(N5CCN(C(=O)N6CC7(COC7)C6)CC5)ccnn4c3)cc2)CC1. The number of nitrogens with zero attached hydrogens (tertiary/aromatic N) is 6. The maximum atomic E-state index is 13.0. The highest BCUT2D eigenvalue weighted by Gasteiger charge is 2.51. The van der Waals surface area contributed by atoms with Gasteiger partial charge in [0, 0.05) is 63.3 Å². The topological polar surface area (TPSA) is 56.6 Å². The van der Waals surface area contributed by atoms with E-state index in [4.69, 9.17) is 4.74 Å². The smallest absolute Gasteiger partial charge is 0.320 e. The maximum Gasteiger partial charge on any atom is 0.320 e. The number of carbonyl (C=O) groups excluding carboxylic acids is 1. The van der Waals surface area contributed by atoms with E-state index in [0.29, 0.717) is 12.0 Å². The van der Waals surface area contributed by atoms with Crippen LogP contribution in [0.4, 0.5) is 10.5 Å². The van der Waals surface area contributed by atoms with Crippen LogP contribution in [-0.2, 0) is 4.74 Å². The van der Waals surface area contributed by atoms with Crippen molar-refractivity contribution in [1.29, 1.82) is 0 Å². The lowest BCUT2D eigenvalue weighted by Crippen LogP contribution is -2.69. The molecule has 0 unspecified atom stereocenters. The third-order valence-corrected chi connectivity index (χ3v) is 9.49. The van der Waals surface area contributed by atoms with Crippen molar-refractivity contribution in [3.05, 3.63) is 54.4 Å². The molecule has 7 rings (SSSR count). The second kappa shape index (κ2) is 9.82. The first-order valence-corrected chi connectivity index (χ1v) is 14.7. The Labute approximate surface area is 231 Å². The summed E-state index contributed by atoms with van der Waals surface area (Å²) in [5, 5.41) is 4.61. The van der Waals surface area contributed by atoms with E-state index in [9.17, 15) is 4.79 Å². The summed E-state index contributed by atoms with van der Waals surface area (Å²) in [6, 6.07) is 14.4. The lowest BCUT2D eigenvalue weighted by molar-refractivity contribution is -0.177. The summed E-state index contributed by atoms with van der Waals surface area (Å²) in [6.07, 6.45) is 6.51. The average Bonchev–Trinajstić information content (AvgIpc) is 3.36. The molecule has 0 bridgehead atoms. The molecular formula is C31H40N6O2. The molecular weight excluding hydrogens is 488 g/mol. The Bertz CT molecular complexity index is 1320. The molecule has 0 atom stereocenters. The van der Waals surface area contributed by atoms with Crippen LogP contribution in [0.15, 0.2) is 48.8 Å². The van der Waals surface area contributed by atoms with Crippen molar-refractivity contribution in [2.75, 3.05) is 70.5 Å². The lowest BCUT2D eigenvalue weighted by Gasteiger charge is -2.55. The number of amides is 2. The van der Waals surface area contributed by atoms with E-state index in [-0.39, 0.29) is 11.4 Å². The predicted octanol–water partition coefficient (Wildman–Crippen LogP) is 4.16. The molecule has 2 aromatic heterocycles. The second-order valence-electron chi connectivity index (χ2n) is 12.4. The summed E-state index contributed by atoms with van der Waals surface area (Å²) in [6.45, 7) is 13.5. The standard InChI is InChI=1S/C31H40N6O2/c1-23(2)33-11-8-26(9-12-33)24-3-5-25(6-4-24)27-17-29-28(7-10-32-37(29)18-27)34-13-15-35(16-14-34)30(38)36-19-31(20-36)21-39-22-31/h3-7,10,17-18,23,26H,8-9,11-16,19-22H2,1-2H3. The molecule has 8 heteroatoms. The minimum Gasteiger partial charge on any atom is -0.380 e. The molecule has 4 aliphatic heterocycles. The van der Waals surface area contributed by atoms with Gasteiger partial charge >= 0.3 is 6.03 Å². The zero-order valence-electron chi connectivity index (χ0n) is 23.3. The summed E-state index contributed by atoms with van der Waals surface area (Å²) in [5.41, 5.74) is 6.45. The molecule has 39 heavy (non-hydrogen) atoms. The lowest BCUT2D eigenvalue weighted by atomic mass is 9.78. The number of urea groups is 1. The van der Waals surface area contributed by atoms with E-state index in [1.54, 1.807) is 0 Å². The van der Waals surface area contributed by atoms with Gasteiger partial charge in [-0.05, 0) is 69.0 Å².